The van der Waals surface area contributed by atoms with E-state index < -0.39 is 26.6 Å². The molecule has 3 rings (SSSR count). The minimum atomic E-state index is -4.07. The largest absolute Gasteiger partial charge is 0.268 e. The lowest BCUT2D eigenvalue weighted by molar-refractivity contribution is 0.430. The maximum Gasteiger partial charge on any atom is 0.246 e. The van der Waals surface area contributed by atoms with E-state index in [4.69, 9.17) is 0 Å². The minimum Gasteiger partial charge on any atom is -0.268 e. The first-order chi connectivity index (χ1) is 10.8. The summed E-state index contributed by atoms with van der Waals surface area (Å²) in [6.07, 6.45) is 4.12. The molecule has 1 aromatic carbocycles. The van der Waals surface area contributed by atoms with E-state index in [1.807, 2.05) is 13.1 Å². The van der Waals surface area contributed by atoms with Crippen LogP contribution in [-0.4, -0.2) is 35.6 Å². The zero-order valence-corrected chi connectivity index (χ0v) is 13.6. The molecule has 23 heavy (non-hydrogen) atoms. The molecule has 0 aliphatic carbocycles. The van der Waals surface area contributed by atoms with E-state index in [0.29, 0.717) is 6.42 Å². The van der Waals surface area contributed by atoms with E-state index in [2.05, 4.69) is 5.10 Å². The van der Waals surface area contributed by atoms with Gasteiger partial charge < -0.3 is 0 Å². The fraction of sp³-hybridized carbons (Fsp3) is 0.400. The molecular formula is C15H17F2N3O2S. The standard InChI is InChI=1S/C15H17F2N3O2S/c1-10-7-18-20(8-10)12-3-4-19(9-12)23(21,22)15-6-13(16)11(2)5-14(15)17/h5-8,12H,3-4,9H2,1-2H3. The Morgan fingerprint density at radius 1 is 1.22 bits per heavy atom. The average molecular weight is 341 g/mol. The highest BCUT2D eigenvalue weighted by Crippen LogP contribution is 2.29. The van der Waals surface area contributed by atoms with Crippen LogP contribution in [-0.2, 0) is 10.0 Å². The topological polar surface area (TPSA) is 55.2 Å². The molecule has 0 bridgehead atoms. The summed E-state index contributed by atoms with van der Waals surface area (Å²) in [6.45, 7) is 3.73. The SMILES string of the molecule is Cc1cnn(C2CCN(S(=O)(=O)c3cc(F)c(C)cc3F)C2)c1. The van der Waals surface area contributed by atoms with Crippen LogP contribution in [0.25, 0.3) is 0 Å². The molecule has 1 aliphatic rings. The number of aryl methyl sites for hydroxylation is 2. The van der Waals surface area contributed by atoms with E-state index in [-0.39, 0.29) is 24.7 Å². The van der Waals surface area contributed by atoms with Crippen molar-refractivity contribution in [2.45, 2.75) is 31.2 Å². The quantitative estimate of drug-likeness (QED) is 0.861. The second-order valence-corrected chi connectivity index (χ2v) is 7.74. The van der Waals surface area contributed by atoms with Crippen molar-refractivity contribution >= 4 is 10.0 Å². The summed E-state index contributed by atoms with van der Waals surface area (Å²) in [5, 5.41) is 4.19. The van der Waals surface area contributed by atoms with Gasteiger partial charge in [0.2, 0.25) is 10.0 Å². The molecule has 0 radical (unpaired) electrons. The summed E-state index contributed by atoms with van der Waals surface area (Å²) in [6, 6.07) is 1.56. The molecule has 2 heterocycles. The van der Waals surface area contributed by atoms with Crippen molar-refractivity contribution in [1.82, 2.24) is 14.1 Å². The van der Waals surface area contributed by atoms with E-state index in [1.165, 1.54) is 11.2 Å². The van der Waals surface area contributed by atoms with E-state index in [9.17, 15) is 17.2 Å². The maximum atomic E-state index is 14.0. The minimum absolute atomic E-state index is 0.0766. The fourth-order valence-corrected chi connectivity index (χ4v) is 4.29. The van der Waals surface area contributed by atoms with Gasteiger partial charge in [0.25, 0.3) is 0 Å². The number of hydrogen-bond acceptors (Lipinski definition) is 3. The molecule has 1 unspecified atom stereocenters. The fourth-order valence-electron chi connectivity index (χ4n) is 2.74. The van der Waals surface area contributed by atoms with Crippen molar-refractivity contribution < 1.29 is 17.2 Å². The number of sulfonamides is 1. The van der Waals surface area contributed by atoms with Gasteiger partial charge in [-0.05, 0) is 43.5 Å². The number of rotatable bonds is 3. The number of halogens is 2. The molecule has 124 valence electrons. The smallest absolute Gasteiger partial charge is 0.246 e. The first kappa shape index (κ1) is 16.1. The number of nitrogens with zero attached hydrogens (tertiary/aromatic N) is 3. The lowest BCUT2D eigenvalue weighted by atomic mass is 10.2. The lowest BCUT2D eigenvalue weighted by Crippen LogP contribution is -2.30. The van der Waals surface area contributed by atoms with Crippen molar-refractivity contribution in [1.29, 1.82) is 0 Å². The summed E-state index contributed by atoms with van der Waals surface area (Å²) in [5.74, 6) is -1.66. The Labute approximate surface area is 133 Å². The van der Waals surface area contributed by atoms with Crippen LogP contribution in [0.3, 0.4) is 0 Å². The summed E-state index contributed by atoms with van der Waals surface area (Å²) in [4.78, 5) is -0.613. The van der Waals surface area contributed by atoms with E-state index in [1.54, 1.807) is 10.9 Å². The van der Waals surface area contributed by atoms with Gasteiger partial charge in [0.05, 0.1) is 12.2 Å². The van der Waals surface area contributed by atoms with Crippen LogP contribution in [0.1, 0.15) is 23.6 Å². The predicted molar refractivity (Wildman–Crippen MR) is 80.5 cm³/mol. The highest BCUT2D eigenvalue weighted by atomic mass is 32.2. The predicted octanol–water partition coefficient (Wildman–Crippen LogP) is 2.41. The number of aromatic nitrogens is 2. The van der Waals surface area contributed by atoms with Gasteiger partial charge in [0, 0.05) is 19.3 Å². The Bertz CT molecular complexity index is 848. The Morgan fingerprint density at radius 3 is 2.61 bits per heavy atom. The normalized spacial score (nSPS) is 19.4. The molecule has 1 fully saturated rings. The van der Waals surface area contributed by atoms with Crippen molar-refractivity contribution in [3.8, 4) is 0 Å². The summed E-state index contributed by atoms with van der Waals surface area (Å²) in [7, 11) is -4.07. The second kappa shape index (κ2) is 5.68. The molecule has 5 nitrogen and oxygen atoms in total. The van der Waals surface area contributed by atoms with Crippen LogP contribution >= 0.6 is 0 Å². The summed E-state index contributed by atoms with van der Waals surface area (Å²) < 4.78 is 55.8. The van der Waals surface area contributed by atoms with Crippen LogP contribution in [0.2, 0.25) is 0 Å². The molecule has 0 spiro atoms. The summed E-state index contributed by atoms with van der Waals surface area (Å²) >= 11 is 0. The number of hydrogen-bond donors (Lipinski definition) is 0. The maximum absolute atomic E-state index is 14.0. The molecule has 1 atom stereocenters. The van der Waals surface area contributed by atoms with Crippen LogP contribution in [0, 0.1) is 25.5 Å². The third kappa shape index (κ3) is 2.88. The number of benzene rings is 1. The van der Waals surface area contributed by atoms with Gasteiger partial charge >= 0.3 is 0 Å². The van der Waals surface area contributed by atoms with Gasteiger partial charge in [0.15, 0.2) is 0 Å². The Kier molecular flexibility index (Phi) is 3.97. The van der Waals surface area contributed by atoms with Crippen molar-refractivity contribution in [2.24, 2.45) is 0 Å². The molecule has 1 aliphatic heterocycles. The molecule has 0 N–H and O–H groups in total. The van der Waals surface area contributed by atoms with Gasteiger partial charge in [-0.15, -0.1) is 0 Å². The highest BCUT2D eigenvalue weighted by Gasteiger charge is 2.35. The molecule has 1 saturated heterocycles. The monoisotopic (exact) mass is 341 g/mol. The van der Waals surface area contributed by atoms with Crippen LogP contribution in [0.15, 0.2) is 29.4 Å². The Balaban J connectivity index is 1.88. The lowest BCUT2D eigenvalue weighted by Gasteiger charge is -2.17. The van der Waals surface area contributed by atoms with Crippen LogP contribution in [0.5, 0.6) is 0 Å². The molecule has 2 aromatic rings. The third-order valence-electron chi connectivity index (χ3n) is 4.06. The van der Waals surface area contributed by atoms with E-state index >= 15 is 0 Å². The van der Waals surface area contributed by atoms with Crippen molar-refractivity contribution in [3.63, 3.8) is 0 Å². The van der Waals surface area contributed by atoms with Crippen LogP contribution < -0.4 is 0 Å². The van der Waals surface area contributed by atoms with Crippen molar-refractivity contribution in [3.05, 3.63) is 47.3 Å². The second-order valence-electron chi connectivity index (χ2n) is 5.84. The summed E-state index contributed by atoms with van der Waals surface area (Å²) in [5.41, 5.74) is 1.06. The van der Waals surface area contributed by atoms with Crippen molar-refractivity contribution in [2.75, 3.05) is 13.1 Å². The average Bonchev–Trinajstić information content (AvgIpc) is 3.11. The van der Waals surface area contributed by atoms with Gasteiger partial charge in [-0.25, -0.2) is 17.2 Å². The molecule has 8 heteroatoms. The first-order valence-electron chi connectivity index (χ1n) is 7.25. The Morgan fingerprint density at radius 2 is 1.96 bits per heavy atom. The zero-order chi connectivity index (χ0) is 16.8. The van der Waals surface area contributed by atoms with Gasteiger partial charge in [-0.2, -0.15) is 9.40 Å². The first-order valence-corrected chi connectivity index (χ1v) is 8.69. The molecule has 0 amide bonds. The van der Waals surface area contributed by atoms with E-state index in [0.717, 1.165) is 17.7 Å². The molecule has 0 saturated carbocycles. The highest BCUT2D eigenvalue weighted by molar-refractivity contribution is 7.89. The van der Waals surface area contributed by atoms with Gasteiger partial charge in [-0.3, -0.25) is 4.68 Å². The Hall–Kier alpha value is -1.80. The zero-order valence-electron chi connectivity index (χ0n) is 12.8. The van der Waals surface area contributed by atoms with Gasteiger partial charge in [0.1, 0.15) is 16.5 Å². The third-order valence-corrected chi connectivity index (χ3v) is 5.94. The molecule has 1 aromatic heterocycles. The van der Waals surface area contributed by atoms with Gasteiger partial charge in [-0.1, -0.05) is 0 Å². The molecular weight excluding hydrogens is 324 g/mol. The van der Waals surface area contributed by atoms with Crippen LogP contribution in [0.4, 0.5) is 8.78 Å².